The average molecular weight is 415 g/mol. The van der Waals surface area contributed by atoms with Gasteiger partial charge in [0, 0.05) is 4.47 Å². The monoisotopic (exact) mass is 414 g/mol. The Balaban J connectivity index is 1.95. The van der Waals surface area contributed by atoms with Crippen LogP contribution in [0.3, 0.4) is 0 Å². The quantitative estimate of drug-likeness (QED) is 0.647. The van der Waals surface area contributed by atoms with Crippen LogP contribution in [0.1, 0.15) is 42.8 Å². The van der Waals surface area contributed by atoms with E-state index in [2.05, 4.69) is 15.9 Å². The zero-order valence-electron chi connectivity index (χ0n) is 14.8. The molecule has 0 bridgehead atoms. The number of carbonyl (C=O) groups excluding carboxylic acids is 2. The fourth-order valence-corrected chi connectivity index (χ4v) is 3.36. The molecule has 0 radical (unpaired) electrons. The van der Waals surface area contributed by atoms with Crippen LogP contribution in [-0.2, 0) is 14.3 Å². The highest BCUT2D eigenvalue weighted by Crippen LogP contribution is 2.47. The lowest BCUT2D eigenvalue weighted by Crippen LogP contribution is -2.37. The molecule has 0 aromatic heterocycles. The van der Waals surface area contributed by atoms with Crippen LogP contribution >= 0.6 is 15.9 Å². The summed E-state index contributed by atoms with van der Waals surface area (Å²) in [4.78, 5) is 24.9. The van der Waals surface area contributed by atoms with Crippen LogP contribution in [0.4, 0.5) is 0 Å². The maximum Gasteiger partial charge on any atom is 0.343 e. The van der Waals surface area contributed by atoms with Gasteiger partial charge in [-0.25, -0.2) is 9.59 Å². The van der Waals surface area contributed by atoms with Gasteiger partial charge in [-0.1, -0.05) is 46.3 Å². The zero-order valence-corrected chi connectivity index (χ0v) is 16.4. The number of hydrogen-bond acceptors (Lipinski definition) is 4. The summed E-state index contributed by atoms with van der Waals surface area (Å²) in [5.74, 6) is -0.631. The van der Waals surface area contributed by atoms with E-state index in [9.17, 15) is 9.59 Å². The second-order valence-corrected chi connectivity index (χ2v) is 7.68. The first-order valence-electron chi connectivity index (χ1n) is 8.25. The molecule has 1 atom stereocenters. The normalized spacial score (nSPS) is 19.1. The number of ether oxygens (including phenoxy) is 2. The molecule has 0 unspecified atom stereocenters. The van der Waals surface area contributed by atoms with Gasteiger partial charge in [-0.15, -0.1) is 0 Å². The summed E-state index contributed by atoms with van der Waals surface area (Å²) in [7, 11) is 0. The van der Waals surface area contributed by atoms with Crippen LogP contribution < -0.4 is 0 Å². The average Bonchev–Trinajstić information content (AvgIpc) is 2.63. The Labute approximate surface area is 160 Å². The van der Waals surface area contributed by atoms with Crippen LogP contribution in [0.15, 0.2) is 70.4 Å². The molecule has 0 saturated carbocycles. The molecule has 2 aromatic carbocycles. The highest BCUT2D eigenvalue weighted by molar-refractivity contribution is 9.10. The molecule has 0 fully saturated rings. The third-order valence-electron chi connectivity index (χ3n) is 4.49. The smallest absolute Gasteiger partial charge is 0.343 e. The van der Waals surface area contributed by atoms with E-state index in [1.165, 1.54) is 0 Å². The zero-order chi connectivity index (χ0) is 18.9. The van der Waals surface area contributed by atoms with Crippen molar-refractivity contribution in [3.05, 3.63) is 81.5 Å². The van der Waals surface area contributed by atoms with Crippen molar-refractivity contribution in [3.8, 4) is 0 Å². The minimum atomic E-state index is -0.690. The van der Waals surface area contributed by atoms with E-state index in [0.717, 1.165) is 10.0 Å². The van der Waals surface area contributed by atoms with Crippen molar-refractivity contribution in [2.24, 2.45) is 5.41 Å². The number of cyclic esters (lactones) is 1. The van der Waals surface area contributed by atoms with Gasteiger partial charge in [0.1, 0.15) is 11.9 Å². The number of hydrogen-bond donors (Lipinski definition) is 0. The predicted octanol–water partition coefficient (Wildman–Crippen LogP) is 5.20. The molecule has 3 rings (SSSR count). The molecule has 4 nitrogen and oxygen atoms in total. The van der Waals surface area contributed by atoms with E-state index in [-0.39, 0.29) is 0 Å². The molecular weight excluding hydrogens is 396 g/mol. The second kappa shape index (κ2) is 7.08. The van der Waals surface area contributed by atoms with E-state index in [0.29, 0.717) is 16.9 Å². The van der Waals surface area contributed by atoms with Crippen molar-refractivity contribution in [2.45, 2.75) is 26.9 Å². The molecule has 5 heteroatoms. The molecule has 0 aliphatic carbocycles. The van der Waals surface area contributed by atoms with Crippen molar-refractivity contribution in [1.29, 1.82) is 0 Å². The molecule has 2 aromatic rings. The Kier molecular flexibility index (Phi) is 5.01. The van der Waals surface area contributed by atoms with Crippen molar-refractivity contribution < 1.29 is 19.1 Å². The van der Waals surface area contributed by atoms with Gasteiger partial charge in [0.05, 0.1) is 16.6 Å². The second-order valence-electron chi connectivity index (χ2n) is 6.77. The van der Waals surface area contributed by atoms with E-state index in [1.807, 2.05) is 44.2 Å². The van der Waals surface area contributed by atoms with E-state index in [1.54, 1.807) is 31.2 Å². The van der Waals surface area contributed by atoms with Gasteiger partial charge in [0.2, 0.25) is 0 Å². The summed E-state index contributed by atoms with van der Waals surface area (Å²) >= 11 is 3.34. The van der Waals surface area contributed by atoms with Gasteiger partial charge in [0.15, 0.2) is 0 Å². The molecule has 134 valence electrons. The van der Waals surface area contributed by atoms with Gasteiger partial charge < -0.3 is 9.47 Å². The number of rotatable bonds is 3. The fraction of sp³-hybridized carbons (Fsp3) is 0.238. The largest absolute Gasteiger partial charge is 0.453 e. The lowest BCUT2D eigenvalue weighted by molar-refractivity contribution is -0.155. The third kappa shape index (κ3) is 3.44. The molecular formula is C21H19BrO4. The summed E-state index contributed by atoms with van der Waals surface area (Å²) in [6.45, 7) is 5.44. The van der Waals surface area contributed by atoms with Crippen LogP contribution in [0.5, 0.6) is 0 Å². The number of carbonyl (C=O) groups is 2. The van der Waals surface area contributed by atoms with Gasteiger partial charge >= 0.3 is 11.9 Å². The molecule has 1 aliphatic rings. The standard InChI is InChI=1S/C21H19BrO4/c1-13-17(25-20(24)15-9-11-16(22)12-10-15)21(2,3)18(26-19(13)23)14-7-5-4-6-8-14/h4-12,18H,1-3H3/t18-/m0/s1. The van der Waals surface area contributed by atoms with Crippen LogP contribution in [0.25, 0.3) is 0 Å². The maximum absolute atomic E-state index is 12.6. The molecule has 1 aliphatic heterocycles. The topological polar surface area (TPSA) is 52.6 Å². The Morgan fingerprint density at radius 3 is 2.31 bits per heavy atom. The SMILES string of the molecule is CC1=C(OC(=O)c2ccc(Br)cc2)C(C)(C)[C@H](c2ccccc2)OC1=O. The van der Waals surface area contributed by atoms with Crippen molar-refractivity contribution in [2.75, 3.05) is 0 Å². The molecule has 0 N–H and O–H groups in total. The first kappa shape index (κ1) is 18.4. The number of benzene rings is 2. The summed E-state index contributed by atoms with van der Waals surface area (Å²) in [6.07, 6.45) is -0.535. The number of halogens is 1. The first-order valence-corrected chi connectivity index (χ1v) is 9.05. The minimum absolute atomic E-state index is 0.313. The van der Waals surface area contributed by atoms with Crippen molar-refractivity contribution in [1.82, 2.24) is 0 Å². The molecule has 1 heterocycles. The number of esters is 2. The summed E-state index contributed by atoms with van der Waals surface area (Å²) in [5, 5.41) is 0. The first-order chi connectivity index (χ1) is 12.3. The van der Waals surface area contributed by atoms with Crippen LogP contribution in [-0.4, -0.2) is 11.9 Å². The Morgan fingerprint density at radius 1 is 1.08 bits per heavy atom. The predicted molar refractivity (Wildman–Crippen MR) is 101 cm³/mol. The lowest BCUT2D eigenvalue weighted by atomic mass is 9.77. The van der Waals surface area contributed by atoms with Gasteiger partial charge in [0.25, 0.3) is 0 Å². The minimum Gasteiger partial charge on any atom is -0.453 e. The molecule has 0 spiro atoms. The maximum atomic E-state index is 12.6. The highest BCUT2D eigenvalue weighted by atomic mass is 79.9. The summed E-state index contributed by atoms with van der Waals surface area (Å²) in [5.41, 5.74) is 0.896. The van der Waals surface area contributed by atoms with Crippen molar-refractivity contribution >= 4 is 27.9 Å². The Morgan fingerprint density at radius 2 is 1.69 bits per heavy atom. The molecule has 0 amide bonds. The Bertz CT molecular complexity index is 867. The summed E-state index contributed by atoms with van der Waals surface area (Å²) in [6, 6.07) is 16.3. The fourth-order valence-electron chi connectivity index (χ4n) is 3.10. The third-order valence-corrected chi connectivity index (χ3v) is 5.02. The molecule has 0 saturated heterocycles. The molecule has 26 heavy (non-hydrogen) atoms. The van der Waals surface area contributed by atoms with Crippen LogP contribution in [0, 0.1) is 5.41 Å². The van der Waals surface area contributed by atoms with E-state index >= 15 is 0 Å². The van der Waals surface area contributed by atoms with Crippen LogP contribution in [0.2, 0.25) is 0 Å². The summed E-state index contributed by atoms with van der Waals surface area (Å²) < 4.78 is 12.2. The van der Waals surface area contributed by atoms with Gasteiger partial charge in [-0.2, -0.15) is 0 Å². The van der Waals surface area contributed by atoms with Gasteiger partial charge in [-0.3, -0.25) is 0 Å². The van der Waals surface area contributed by atoms with E-state index < -0.39 is 23.5 Å². The highest BCUT2D eigenvalue weighted by Gasteiger charge is 2.46. The Hall–Kier alpha value is -2.40. The van der Waals surface area contributed by atoms with Gasteiger partial charge in [-0.05, 0) is 50.6 Å². The lowest BCUT2D eigenvalue weighted by Gasteiger charge is -2.39. The van der Waals surface area contributed by atoms with E-state index in [4.69, 9.17) is 9.47 Å². The van der Waals surface area contributed by atoms with Crippen molar-refractivity contribution in [3.63, 3.8) is 0 Å².